The molecule has 0 unspecified atom stereocenters. The summed E-state index contributed by atoms with van der Waals surface area (Å²) in [5.74, 6) is 0.950. The Hall–Kier alpha value is -2.90. The molecule has 0 spiro atoms. The number of fused-ring (bicyclic) bond motifs is 1. The molecule has 1 fully saturated rings. The molecule has 1 heterocycles. The van der Waals surface area contributed by atoms with Crippen LogP contribution < -0.4 is 10.1 Å². The Bertz CT molecular complexity index is 1240. The van der Waals surface area contributed by atoms with Gasteiger partial charge in [-0.1, -0.05) is 55.8 Å². The number of ether oxygens (including phenoxy) is 1. The van der Waals surface area contributed by atoms with Crippen LogP contribution in [-0.2, 0) is 21.4 Å². The number of sulfonamides is 1. The number of hydrogen-bond acceptors (Lipinski definition) is 4. The first-order chi connectivity index (χ1) is 16.4. The molecule has 1 N–H and O–H groups in total. The summed E-state index contributed by atoms with van der Waals surface area (Å²) in [6.45, 7) is 3.41. The van der Waals surface area contributed by atoms with Crippen molar-refractivity contribution in [2.75, 3.05) is 20.2 Å². The fraction of sp³-hybridized carbons (Fsp3) is 0.370. The molecular weight excluding hydrogens is 448 g/mol. The highest BCUT2D eigenvalue weighted by Crippen LogP contribution is 2.32. The number of benzene rings is 3. The molecule has 1 saturated heterocycles. The predicted octanol–water partition coefficient (Wildman–Crippen LogP) is 4.59. The summed E-state index contributed by atoms with van der Waals surface area (Å²) in [5, 5.41) is 5.38. The van der Waals surface area contributed by atoms with E-state index in [1.807, 2.05) is 24.3 Å². The summed E-state index contributed by atoms with van der Waals surface area (Å²) in [6, 6.07) is 20.8. The molecule has 3 aromatic carbocycles. The zero-order valence-corrected chi connectivity index (χ0v) is 20.6. The van der Waals surface area contributed by atoms with E-state index in [2.05, 4.69) is 30.4 Å². The van der Waals surface area contributed by atoms with E-state index >= 15 is 0 Å². The van der Waals surface area contributed by atoms with Crippen LogP contribution in [0.5, 0.6) is 5.75 Å². The minimum absolute atomic E-state index is 0.0165. The molecule has 180 valence electrons. The zero-order valence-electron chi connectivity index (χ0n) is 19.7. The first-order valence-corrected chi connectivity index (χ1v) is 13.2. The van der Waals surface area contributed by atoms with Crippen molar-refractivity contribution in [1.29, 1.82) is 0 Å². The molecule has 1 amide bonds. The molecule has 0 aliphatic carbocycles. The SMILES string of the molecule is CC[C@@H]1CN(S(=O)(=O)c2ccc(OC)cc2)CC[C@H]1CC(=O)NCc1cccc2ccccc12. The second kappa shape index (κ2) is 10.6. The predicted molar refractivity (Wildman–Crippen MR) is 134 cm³/mol. The number of hydrogen-bond donors (Lipinski definition) is 1. The molecule has 0 radical (unpaired) electrons. The lowest BCUT2D eigenvalue weighted by Gasteiger charge is -2.37. The van der Waals surface area contributed by atoms with E-state index in [-0.39, 0.29) is 22.6 Å². The number of carbonyl (C=O) groups excluding carboxylic acids is 1. The lowest BCUT2D eigenvalue weighted by molar-refractivity contribution is -0.122. The maximum Gasteiger partial charge on any atom is 0.243 e. The highest BCUT2D eigenvalue weighted by molar-refractivity contribution is 7.89. The molecule has 2 atom stereocenters. The highest BCUT2D eigenvalue weighted by atomic mass is 32.2. The Labute approximate surface area is 202 Å². The van der Waals surface area contributed by atoms with Crippen molar-refractivity contribution in [2.24, 2.45) is 11.8 Å². The molecule has 3 aromatic rings. The minimum atomic E-state index is -3.57. The summed E-state index contributed by atoms with van der Waals surface area (Å²) < 4.78 is 33.0. The van der Waals surface area contributed by atoms with Gasteiger partial charge < -0.3 is 10.1 Å². The molecule has 7 heteroatoms. The van der Waals surface area contributed by atoms with Gasteiger partial charge in [0, 0.05) is 26.1 Å². The Morgan fingerprint density at radius 2 is 1.76 bits per heavy atom. The number of carbonyl (C=O) groups is 1. The van der Waals surface area contributed by atoms with E-state index in [0.717, 1.165) is 22.8 Å². The minimum Gasteiger partial charge on any atom is -0.497 e. The van der Waals surface area contributed by atoms with Gasteiger partial charge in [0.15, 0.2) is 0 Å². The van der Waals surface area contributed by atoms with E-state index in [1.54, 1.807) is 35.7 Å². The summed E-state index contributed by atoms with van der Waals surface area (Å²) in [5.41, 5.74) is 1.10. The molecule has 0 aromatic heterocycles. The zero-order chi connectivity index (χ0) is 24.1. The Balaban J connectivity index is 1.36. The topological polar surface area (TPSA) is 75.7 Å². The third kappa shape index (κ3) is 5.26. The summed E-state index contributed by atoms with van der Waals surface area (Å²) >= 11 is 0. The fourth-order valence-electron chi connectivity index (χ4n) is 4.84. The third-order valence-electron chi connectivity index (χ3n) is 6.88. The average Bonchev–Trinajstić information content (AvgIpc) is 2.87. The fourth-order valence-corrected chi connectivity index (χ4v) is 6.36. The molecule has 34 heavy (non-hydrogen) atoms. The number of nitrogens with one attached hydrogen (secondary N) is 1. The number of rotatable bonds is 8. The van der Waals surface area contributed by atoms with Gasteiger partial charge in [-0.25, -0.2) is 8.42 Å². The monoisotopic (exact) mass is 480 g/mol. The van der Waals surface area contributed by atoms with E-state index in [9.17, 15) is 13.2 Å². The van der Waals surface area contributed by atoms with Gasteiger partial charge in [-0.05, 0) is 58.9 Å². The van der Waals surface area contributed by atoms with Crippen LogP contribution >= 0.6 is 0 Å². The van der Waals surface area contributed by atoms with Gasteiger partial charge in [-0.15, -0.1) is 0 Å². The van der Waals surface area contributed by atoms with Crippen molar-refractivity contribution in [3.63, 3.8) is 0 Å². The maximum absolute atomic E-state index is 13.1. The van der Waals surface area contributed by atoms with Gasteiger partial charge in [-0.3, -0.25) is 4.79 Å². The van der Waals surface area contributed by atoms with Crippen molar-refractivity contribution in [3.05, 3.63) is 72.3 Å². The molecule has 0 saturated carbocycles. The smallest absolute Gasteiger partial charge is 0.243 e. The van der Waals surface area contributed by atoms with E-state index < -0.39 is 10.0 Å². The van der Waals surface area contributed by atoms with Crippen LogP contribution in [0.15, 0.2) is 71.6 Å². The van der Waals surface area contributed by atoms with Crippen molar-refractivity contribution in [3.8, 4) is 5.75 Å². The third-order valence-corrected chi connectivity index (χ3v) is 8.76. The number of amides is 1. The normalized spacial score (nSPS) is 19.1. The van der Waals surface area contributed by atoms with Gasteiger partial charge in [0.1, 0.15) is 5.75 Å². The van der Waals surface area contributed by atoms with Gasteiger partial charge in [0.2, 0.25) is 15.9 Å². The number of nitrogens with zero attached hydrogens (tertiary/aromatic N) is 1. The van der Waals surface area contributed by atoms with Crippen LogP contribution in [0.1, 0.15) is 31.7 Å². The van der Waals surface area contributed by atoms with Crippen LogP contribution in [0, 0.1) is 11.8 Å². The molecule has 6 nitrogen and oxygen atoms in total. The summed E-state index contributed by atoms with van der Waals surface area (Å²) in [6.07, 6.45) is 1.92. The second-order valence-electron chi connectivity index (χ2n) is 8.87. The molecule has 1 aliphatic heterocycles. The van der Waals surface area contributed by atoms with E-state index in [0.29, 0.717) is 38.2 Å². The Kier molecular flexibility index (Phi) is 7.54. The molecule has 1 aliphatic rings. The Morgan fingerprint density at radius 1 is 1.03 bits per heavy atom. The van der Waals surface area contributed by atoms with E-state index in [1.165, 1.54) is 0 Å². The largest absolute Gasteiger partial charge is 0.497 e. The quantitative estimate of drug-likeness (QED) is 0.512. The lowest BCUT2D eigenvalue weighted by Crippen LogP contribution is -2.44. The number of methoxy groups -OCH3 is 1. The van der Waals surface area contributed by atoms with Crippen molar-refractivity contribution in [2.45, 2.75) is 37.6 Å². The van der Waals surface area contributed by atoms with E-state index in [4.69, 9.17) is 4.74 Å². The standard InChI is InChI=1S/C27H32N2O4S/c1-3-20-19-29(34(31,32)25-13-11-24(33-2)12-14-25)16-15-22(20)17-27(30)28-18-23-9-6-8-21-7-4-5-10-26(21)23/h4-14,20,22H,3,15-19H2,1-2H3,(H,28,30)/t20-,22+/m1/s1. The van der Waals surface area contributed by atoms with Crippen molar-refractivity contribution in [1.82, 2.24) is 9.62 Å². The highest BCUT2D eigenvalue weighted by Gasteiger charge is 2.35. The number of piperidine rings is 1. The van der Waals surface area contributed by atoms with Crippen LogP contribution in [0.2, 0.25) is 0 Å². The van der Waals surface area contributed by atoms with Crippen molar-refractivity contribution >= 4 is 26.7 Å². The molecule has 0 bridgehead atoms. The second-order valence-corrected chi connectivity index (χ2v) is 10.8. The summed E-state index contributed by atoms with van der Waals surface area (Å²) in [4.78, 5) is 13.1. The van der Waals surface area contributed by atoms with Crippen LogP contribution in [0.4, 0.5) is 0 Å². The van der Waals surface area contributed by atoms with Crippen LogP contribution in [0.25, 0.3) is 10.8 Å². The van der Waals surface area contributed by atoms with Crippen LogP contribution in [0.3, 0.4) is 0 Å². The van der Waals surface area contributed by atoms with Gasteiger partial charge in [0.25, 0.3) is 0 Å². The van der Waals surface area contributed by atoms with Gasteiger partial charge >= 0.3 is 0 Å². The first kappa shape index (κ1) is 24.2. The molecular formula is C27H32N2O4S. The average molecular weight is 481 g/mol. The summed E-state index contributed by atoms with van der Waals surface area (Å²) in [7, 11) is -2.02. The maximum atomic E-state index is 13.1. The van der Waals surface area contributed by atoms with Gasteiger partial charge in [-0.2, -0.15) is 4.31 Å². The first-order valence-electron chi connectivity index (χ1n) is 11.8. The van der Waals surface area contributed by atoms with Crippen molar-refractivity contribution < 1.29 is 17.9 Å². The molecule has 4 rings (SSSR count). The Morgan fingerprint density at radius 3 is 2.50 bits per heavy atom. The van der Waals surface area contributed by atoms with Gasteiger partial charge in [0.05, 0.1) is 12.0 Å². The lowest BCUT2D eigenvalue weighted by atomic mass is 9.82. The van der Waals surface area contributed by atoms with Crippen LogP contribution in [-0.4, -0.2) is 38.8 Å².